The van der Waals surface area contributed by atoms with Crippen LogP contribution in [0, 0.1) is 12.7 Å². The second kappa shape index (κ2) is 10.8. The second-order valence-electron chi connectivity index (χ2n) is 6.22. The minimum atomic E-state index is -3.52. The number of guanidine groups is 1. The van der Waals surface area contributed by atoms with Crippen LogP contribution in [0.1, 0.15) is 18.1 Å². The van der Waals surface area contributed by atoms with E-state index in [-0.39, 0.29) is 17.3 Å². The van der Waals surface area contributed by atoms with E-state index in [4.69, 9.17) is 0 Å². The fourth-order valence-corrected chi connectivity index (χ4v) is 3.67. The molecule has 0 aliphatic heterocycles. The van der Waals surface area contributed by atoms with Crippen LogP contribution in [0.25, 0.3) is 0 Å². The summed E-state index contributed by atoms with van der Waals surface area (Å²) in [6, 6.07) is 13.0. The maximum absolute atomic E-state index is 13.2. The Morgan fingerprint density at radius 1 is 1.07 bits per heavy atom. The molecule has 0 aromatic heterocycles. The second-order valence-corrected chi connectivity index (χ2v) is 7.99. The molecular weight excluding hydrogens is 379 g/mol. The molecule has 0 atom stereocenters. The molecule has 0 bridgehead atoms. The van der Waals surface area contributed by atoms with Gasteiger partial charge < -0.3 is 10.6 Å². The first-order valence-corrected chi connectivity index (χ1v) is 10.7. The third-order valence-corrected chi connectivity index (χ3v) is 5.54. The molecule has 0 amide bonds. The number of hydrogen-bond donors (Lipinski definition) is 3. The van der Waals surface area contributed by atoms with Crippen LogP contribution >= 0.6 is 0 Å². The molecule has 0 radical (unpaired) electrons. The summed E-state index contributed by atoms with van der Waals surface area (Å²) >= 11 is 0. The quantitative estimate of drug-likeness (QED) is 0.339. The van der Waals surface area contributed by atoms with E-state index in [2.05, 4.69) is 20.3 Å². The minimum absolute atomic E-state index is 0.199. The van der Waals surface area contributed by atoms with Gasteiger partial charge in [-0.3, -0.25) is 4.99 Å². The summed E-state index contributed by atoms with van der Waals surface area (Å²) < 4.78 is 40.1. The highest BCUT2D eigenvalue weighted by molar-refractivity contribution is 7.89. The molecule has 6 nitrogen and oxygen atoms in total. The number of aryl methyl sites for hydroxylation is 1. The van der Waals surface area contributed by atoms with E-state index in [9.17, 15) is 12.8 Å². The number of aliphatic imine (C=N–C) groups is 1. The number of nitrogens with zero attached hydrogens (tertiary/aromatic N) is 1. The van der Waals surface area contributed by atoms with Gasteiger partial charge in [-0.1, -0.05) is 24.3 Å². The average Bonchev–Trinajstić information content (AvgIpc) is 2.67. The zero-order valence-corrected chi connectivity index (χ0v) is 17.0. The van der Waals surface area contributed by atoms with Crippen molar-refractivity contribution < 1.29 is 12.8 Å². The van der Waals surface area contributed by atoms with Crippen LogP contribution < -0.4 is 15.4 Å². The Hall–Kier alpha value is -2.45. The molecule has 3 N–H and O–H groups in total. The predicted octanol–water partition coefficient (Wildman–Crippen LogP) is 2.21. The van der Waals surface area contributed by atoms with Crippen molar-refractivity contribution >= 4 is 16.0 Å². The largest absolute Gasteiger partial charge is 0.357 e. The van der Waals surface area contributed by atoms with Crippen molar-refractivity contribution in [3.63, 3.8) is 0 Å². The molecule has 2 aromatic rings. The molecule has 0 heterocycles. The lowest BCUT2D eigenvalue weighted by molar-refractivity contribution is 0.582. The number of halogens is 1. The molecule has 0 aliphatic rings. The zero-order chi connectivity index (χ0) is 20.4. The van der Waals surface area contributed by atoms with Crippen molar-refractivity contribution in [2.75, 3.05) is 26.2 Å². The van der Waals surface area contributed by atoms with Crippen molar-refractivity contribution in [3.05, 3.63) is 65.5 Å². The summed E-state index contributed by atoms with van der Waals surface area (Å²) in [5, 5.41) is 6.33. The lowest BCUT2D eigenvalue weighted by Gasteiger charge is -2.12. The van der Waals surface area contributed by atoms with Crippen LogP contribution in [0.4, 0.5) is 4.39 Å². The Bertz CT molecular complexity index is 886. The molecule has 28 heavy (non-hydrogen) atoms. The van der Waals surface area contributed by atoms with Crippen LogP contribution in [0.5, 0.6) is 0 Å². The molecule has 8 heteroatoms. The number of hydrogen-bond acceptors (Lipinski definition) is 3. The number of sulfonamides is 1. The highest BCUT2D eigenvalue weighted by Crippen LogP contribution is 2.10. The minimum Gasteiger partial charge on any atom is -0.357 e. The van der Waals surface area contributed by atoms with Gasteiger partial charge in [0.2, 0.25) is 10.0 Å². The van der Waals surface area contributed by atoms with Gasteiger partial charge in [0.15, 0.2) is 5.96 Å². The SMILES string of the molecule is CCNC(=NCCNS(=O)(=O)c1ccccc1)NCCc1ccc(F)cc1C. The lowest BCUT2D eigenvalue weighted by Crippen LogP contribution is -2.39. The number of benzene rings is 2. The molecule has 152 valence electrons. The standard InChI is InChI=1S/C20H27FN4O2S/c1-3-22-20(23-12-11-17-9-10-18(21)15-16(17)2)24-13-14-25-28(26,27)19-7-5-4-6-8-19/h4-10,15,25H,3,11-14H2,1-2H3,(H2,22,23,24). The summed E-state index contributed by atoms with van der Waals surface area (Å²) in [6.45, 7) is 5.67. The Balaban J connectivity index is 1.83. The lowest BCUT2D eigenvalue weighted by atomic mass is 10.1. The van der Waals surface area contributed by atoms with E-state index in [1.807, 2.05) is 13.8 Å². The van der Waals surface area contributed by atoms with Crippen LogP contribution in [-0.2, 0) is 16.4 Å². The van der Waals surface area contributed by atoms with Crippen molar-refractivity contribution in [3.8, 4) is 0 Å². The highest BCUT2D eigenvalue weighted by atomic mass is 32.2. The van der Waals surface area contributed by atoms with Gasteiger partial charge in [-0.2, -0.15) is 0 Å². The highest BCUT2D eigenvalue weighted by Gasteiger charge is 2.11. The molecule has 0 spiro atoms. The first-order valence-electron chi connectivity index (χ1n) is 9.24. The molecule has 2 rings (SSSR count). The molecule has 0 aliphatic carbocycles. The van der Waals surface area contributed by atoms with E-state index in [0.717, 1.165) is 17.5 Å². The summed E-state index contributed by atoms with van der Waals surface area (Å²) in [6.07, 6.45) is 0.733. The topological polar surface area (TPSA) is 82.6 Å². The molecule has 0 saturated heterocycles. The fourth-order valence-electron chi connectivity index (χ4n) is 2.63. The molecule has 0 unspecified atom stereocenters. The van der Waals surface area contributed by atoms with E-state index >= 15 is 0 Å². The summed E-state index contributed by atoms with van der Waals surface area (Å²) in [5.74, 6) is 0.378. The number of rotatable bonds is 9. The van der Waals surface area contributed by atoms with Gasteiger partial charge in [-0.05, 0) is 55.7 Å². The van der Waals surface area contributed by atoms with E-state index < -0.39 is 10.0 Å². The normalized spacial score (nSPS) is 12.0. The first kappa shape index (κ1) is 21.8. The van der Waals surface area contributed by atoms with Crippen LogP contribution in [0.2, 0.25) is 0 Å². The van der Waals surface area contributed by atoms with Crippen LogP contribution in [-0.4, -0.2) is 40.6 Å². The van der Waals surface area contributed by atoms with Gasteiger partial charge in [0, 0.05) is 19.6 Å². The molecule has 0 saturated carbocycles. The van der Waals surface area contributed by atoms with Gasteiger partial charge >= 0.3 is 0 Å². The zero-order valence-electron chi connectivity index (χ0n) is 16.2. The van der Waals surface area contributed by atoms with E-state index in [0.29, 0.717) is 25.6 Å². The van der Waals surface area contributed by atoms with Crippen molar-refractivity contribution in [2.24, 2.45) is 4.99 Å². The number of nitrogens with one attached hydrogen (secondary N) is 3. The Morgan fingerprint density at radius 2 is 1.82 bits per heavy atom. The van der Waals surface area contributed by atoms with Gasteiger partial charge in [-0.15, -0.1) is 0 Å². The summed E-state index contributed by atoms with van der Waals surface area (Å²) in [7, 11) is -3.52. The maximum Gasteiger partial charge on any atom is 0.240 e. The molecular formula is C20H27FN4O2S. The molecule has 0 fully saturated rings. The van der Waals surface area contributed by atoms with Crippen molar-refractivity contribution in [1.82, 2.24) is 15.4 Å². The first-order chi connectivity index (χ1) is 13.4. The van der Waals surface area contributed by atoms with Gasteiger partial charge in [-0.25, -0.2) is 17.5 Å². The summed E-state index contributed by atoms with van der Waals surface area (Å²) in [5.41, 5.74) is 1.99. The Kier molecular flexibility index (Phi) is 8.41. The van der Waals surface area contributed by atoms with E-state index in [1.165, 1.54) is 12.1 Å². The fraction of sp³-hybridized carbons (Fsp3) is 0.350. The maximum atomic E-state index is 13.2. The van der Waals surface area contributed by atoms with Crippen LogP contribution in [0.15, 0.2) is 58.4 Å². The average molecular weight is 407 g/mol. The smallest absolute Gasteiger partial charge is 0.240 e. The monoisotopic (exact) mass is 406 g/mol. The Labute approximate surface area is 166 Å². The third-order valence-electron chi connectivity index (χ3n) is 4.06. The van der Waals surface area contributed by atoms with Crippen molar-refractivity contribution in [1.29, 1.82) is 0 Å². The summed E-state index contributed by atoms with van der Waals surface area (Å²) in [4.78, 5) is 4.62. The molecule has 2 aromatic carbocycles. The van der Waals surface area contributed by atoms with Gasteiger partial charge in [0.1, 0.15) is 5.82 Å². The van der Waals surface area contributed by atoms with Gasteiger partial charge in [0.05, 0.1) is 11.4 Å². The van der Waals surface area contributed by atoms with Crippen molar-refractivity contribution in [2.45, 2.75) is 25.2 Å². The van der Waals surface area contributed by atoms with E-state index in [1.54, 1.807) is 36.4 Å². The third kappa shape index (κ3) is 6.94. The van der Waals surface area contributed by atoms with Crippen LogP contribution in [0.3, 0.4) is 0 Å². The Morgan fingerprint density at radius 3 is 2.50 bits per heavy atom. The van der Waals surface area contributed by atoms with Gasteiger partial charge in [0.25, 0.3) is 0 Å². The predicted molar refractivity (Wildman–Crippen MR) is 110 cm³/mol.